The molecular formula is C42H63O3P. The second-order valence-corrected chi connectivity index (χ2v) is 18.5. The Morgan fingerprint density at radius 3 is 0.870 bits per heavy atom. The van der Waals surface area contributed by atoms with Crippen molar-refractivity contribution in [2.45, 2.75) is 139 Å². The maximum Gasteiger partial charge on any atom is 0.530 e. The van der Waals surface area contributed by atoms with Gasteiger partial charge < -0.3 is 13.6 Å². The average molecular weight is 647 g/mol. The predicted molar refractivity (Wildman–Crippen MR) is 200 cm³/mol. The van der Waals surface area contributed by atoms with E-state index in [0.29, 0.717) is 17.8 Å². The number of benzene rings is 3. The molecule has 0 N–H and O–H groups in total. The van der Waals surface area contributed by atoms with Gasteiger partial charge in [0, 0.05) is 16.7 Å². The number of hydrogen-bond acceptors (Lipinski definition) is 3. The van der Waals surface area contributed by atoms with E-state index in [2.05, 4.69) is 158 Å². The normalized spacial score (nSPS) is 12.8. The predicted octanol–water partition coefficient (Wildman–Crippen LogP) is 12.9. The molecule has 254 valence electrons. The minimum Gasteiger partial charge on any atom is -0.408 e. The molecule has 46 heavy (non-hydrogen) atoms. The van der Waals surface area contributed by atoms with Gasteiger partial charge in [-0.3, -0.25) is 0 Å². The van der Waals surface area contributed by atoms with Crippen LogP contribution < -0.4 is 13.6 Å². The van der Waals surface area contributed by atoms with Crippen LogP contribution in [0.5, 0.6) is 17.2 Å². The molecule has 0 atom stereocenters. The maximum atomic E-state index is 6.89. The minimum atomic E-state index is -1.86. The van der Waals surface area contributed by atoms with Gasteiger partial charge in [-0.05, 0) is 88.2 Å². The molecule has 0 spiro atoms. The smallest absolute Gasteiger partial charge is 0.408 e. The number of rotatable bonds is 12. The molecule has 0 fully saturated rings. The van der Waals surface area contributed by atoms with Gasteiger partial charge in [-0.1, -0.05) is 140 Å². The van der Waals surface area contributed by atoms with Crippen LogP contribution in [0.4, 0.5) is 0 Å². The Kier molecular flexibility index (Phi) is 12.5. The third-order valence-electron chi connectivity index (χ3n) is 8.01. The van der Waals surface area contributed by atoms with E-state index < -0.39 is 8.60 Å². The van der Waals surface area contributed by atoms with E-state index in [-0.39, 0.29) is 16.2 Å². The molecular weight excluding hydrogens is 583 g/mol. The highest BCUT2D eigenvalue weighted by atomic mass is 31.2. The molecule has 0 radical (unpaired) electrons. The standard InChI is InChI=1S/C42H63O3P/c1-28(2)22-31-16-19-37(34(25-31)40(7,8)9)43-46(44-38-20-17-32(23-29(3)4)26-35(38)41(10,11)12)45-39-21-18-33(24-30(5)6)27-36(39)42(13,14)15/h16-21,25-30H,22-24H2,1-15H3. The minimum absolute atomic E-state index is 0.118. The molecule has 0 heterocycles. The van der Waals surface area contributed by atoms with Crippen LogP contribution in [-0.2, 0) is 35.5 Å². The van der Waals surface area contributed by atoms with Crippen LogP contribution in [0, 0.1) is 17.8 Å². The first-order valence-electron chi connectivity index (χ1n) is 17.4. The molecule has 0 unspecified atom stereocenters. The Morgan fingerprint density at radius 2 is 0.674 bits per heavy atom. The molecule has 3 rings (SSSR count). The summed E-state index contributed by atoms with van der Waals surface area (Å²) in [5, 5.41) is 0. The van der Waals surface area contributed by atoms with Gasteiger partial charge in [-0.25, -0.2) is 0 Å². The van der Waals surface area contributed by atoms with E-state index in [1.54, 1.807) is 0 Å². The van der Waals surface area contributed by atoms with Gasteiger partial charge in [0.2, 0.25) is 0 Å². The summed E-state index contributed by atoms with van der Waals surface area (Å²) in [6, 6.07) is 19.9. The summed E-state index contributed by atoms with van der Waals surface area (Å²) in [5.41, 5.74) is 7.11. The Balaban J connectivity index is 2.16. The van der Waals surface area contributed by atoms with Crippen LogP contribution in [0.2, 0.25) is 0 Å². The summed E-state index contributed by atoms with van der Waals surface area (Å²) in [7, 11) is -1.86. The largest absolute Gasteiger partial charge is 0.530 e. The molecule has 0 saturated carbocycles. The molecule has 0 aliphatic heterocycles. The van der Waals surface area contributed by atoms with Crippen LogP contribution >= 0.6 is 8.60 Å². The van der Waals surface area contributed by atoms with E-state index in [1.165, 1.54) is 16.7 Å². The zero-order chi connectivity index (χ0) is 34.6. The molecule has 4 heteroatoms. The van der Waals surface area contributed by atoms with Crippen molar-refractivity contribution < 1.29 is 13.6 Å². The van der Waals surface area contributed by atoms with Crippen LogP contribution in [-0.4, -0.2) is 0 Å². The fourth-order valence-electron chi connectivity index (χ4n) is 5.82. The van der Waals surface area contributed by atoms with Crippen LogP contribution in [0.25, 0.3) is 0 Å². The van der Waals surface area contributed by atoms with Crippen molar-refractivity contribution in [2.24, 2.45) is 17.8 Å². The second-order valence-electron chi connectivity index (χ2n) is 17.5. The van der Waals surface area contributed by atoms with Crippen molar-refractivity contribution >= 4 is 8.60 Å². The quantitative estimate of drug-likeness (QED) is 0.183. The van der Waals surface area contributed by atoms with Gasteiger partial charge in [0.15, 0.2) is 0 Å². The summed E-state index contributed by atoms with van der Waals surface area (Å²) in [6.07, 6.45) is 3.08. The van der Waals surface area contributed by atoms with Crippen molar-refractivity contribution in [3.8, 4) is 17.2 Å². The topological polar surface area (TPSA) is 27.7 Å². The van der Waals surface area contributed by atoms with Crippen LogP contribution in [0.1, 0.15) is 137 Å². The van der Waals surface area contributed by atoms with Crippen molar-refractivity contribution in [3.05, 3.63) is 88.0 Å². The number of hydrogen-bond donors (Lipinski definition) is 0. The first kappa shape index (κ1) is 37.9. The lowest BCUT2D eigenvalue weighted by atomic mass is 9.84. The fraction of sp³-hybridized carbons (Fsp3) is 0.571. The third-order valence-corrected chi connectivity index (χ3v) is 9.04. The summed E-state index contributed by atoms with van der Waals surface area (Å²) in [6.45, 7) is 33.8. The Labute approximate surface area is 283 Å². The van der Waals surface area contributed by atoms with E-state index in [0.717, 1.165) is 53.2 Å². The van der Waals surface area contributed by atoms with E-state index in [9.17, 15) is 0 Å². The molecule has 3 nitrogen and oxygen atoms in total. The van der Waals surface area contributed by atoms with Crippen molar-refractivity contribution in [1.29, 1.82) is 0 Å². The first-order chi connectivity index (χ1) is 21.1. The van der Waals surface area contributed by atoms with E-state index in [4.69, 9.17) is 13.6 Å². The monoisotopic (exact) mass is 646 g/mol. The summed E-state index contributed by atoms with van der Waals surface area (Å²) in [5.74, 6) is 4.17. The summed E-state index contributed by atoms with van der Waals surface area (Å²) >= 11 is 0. The van der Waals surface area contributed by atoms with Crippen molar-refractivity contribution in [2.75, 3.05) is 0 Å². The highest BCUT2D eigenvalue weighted by Gasteiger charge is 2.31. The highest BCUT2D eigenvalue weighted by molar-refractivity contribution is 7.43. The Morgan fingerprint density at radius 1 is 0.435 bits per heavy atom. The molecule has 3 aromatic carbocycles. The molecule has 0 aliphatic carbocycles. The lowest BCUT2D eigenvalue weighted by Crippen LogP contribution is -2.17. The Hall–Kier alpha value is -2.51. The second kappa shape index (κ2) is 15.1. The lowest BCUT2D eigenvalue weighted by Gasteiger charge is -2.29. The van der Waals surface area contributed by atoms with Gasteiger partial charge in [0.1, 0.15) is 17.2 Å². The van der Waals surface area contributed by atoms with Gasteiger partial charge in [-0.2, -0.15) is 0 Å². The van der Waals surface area contributed by atoms with Crippen molar-refractivity contribution in [3.63, 3.8) is 0 Å². The molecule has 0 aliphatic rings. The average Bonchev–Trinajstić information content (AvgIpc) is 2.88. The zero-order valence-electron chi connectivity index (χ0n) is 31.7. The molecule has 0 amide bonds. The van der Waals surface area contributed by atoms with Gasteiger partial charge in [-0.15, -0.1) is 0 Å². The molecule has 3 aromatic rings. The highest BCUT2D eigenvalue weighted by Crippen LogP contribution is 2.49. The molecule has 0 aromatic heterocycles. The summed E-state index contributed by atoms with van der Waals surface area (Å²) < 4.78 is 20.7. The zero-order valence-corrected chi connectivity index (χ0v) is 32.6. The van der Waals surface area contributed by atoms with Crippen LogP contribution in [0.3, 0.4) is 0 Å². The fourth-order valence-corrected chi connectivity index (χ4v) is 6.89. The van der Waals surface area contributed by atoms with Crippen LogP contribution in [0.15, 0.2) is 54.6 Å². The van der Waals surface area contributed by atoms with Gasteiger partial charge >= 0.3 is 8.60 Å². The summed E-state index contributed by atoms with van der Waals surface area (Å²) in [4.78, 5) is 0. The third kappa shape index (κ3) is 11.0. The molecule has 0 bridgehead atoms. The van der Waals surface area contributed by atoms with E-state index >= 15 is 0 Å². The Bertz CT molecular complexity index is 1260. The SMILES string of the molecule is CC(C)Cc1ccc(OP(Oc2ccc(CC(C)C)cc2C(C)(C)C)Oc2ccc(CC(C)C)cc2C(C)(C)C)c(C(C)(C)C)c1. The van der Waals surface area contributed by atoms with E-state index in [1.807, 2.05) is 0 Å². The lowest BCUT2D eigenvalue weighted by molar-refractivity contribution is 0.372. The maximum absolute atomic E-state index is 6.89. The van der Waals surface area contributed by atoms with Gasteiger partial charge in [0.05, 0.1) is 0 Å². The van der Waals surface area contributed by atoms with Gasteiger partial charge in [0.25, 0.3) is 0 Å². The molecule has 0 saturated heterocycles. The first-order valence-corrected chi connectivity index (χ1v) is 18.5. The van der Waals surface area contributed by atoms with Crippen molar-refractivity contribution in [1.82, 2.24) is 0 Å².